The summed E-state index contributed by atoms with van der Waals surface area (Å²) in [5, 5.41) is 0.274. The third-order valence-electron chi connectivity index (χ3n) is 4.47. The number of halogens is 4. The van der Waals surface area contributed by atoms with E-state index in [-0.39, 0.29) is 29.3 Å². The Kier molecular flexibility index (Phi) is 6.55. The highest BCUT2D eigenvalue weighted by atomic mass is 35.5. The van der Waals surface area contributed by atoms with Crippen LogP contribution < -0.4 is 9.64 Å². The van der Waals surface area contributed by atoms with Crippen LogP contribution in [0.4, 0.5) is 18.9 Å². The van der Waals surface area contributed by atoms with Gasteiger partial charge in [0.05, 0.1) is 10.8 Å². The fraction of sp³-hybridized carbons (Fsp3) is 0.333. The number of hydrogen-bond donors (Lipinski definition) is 0. The Morgan fingerprint density at radius 3 is 2.48 bits per heavy atom. The Morgan fingerprint density at radius 1 is 1.15 bits per heavy atom. The van der Waals surface area contributed by atoms with E-state index in [1.54, 1.807) is 33.0 Å². The van der Waals surface area contributed by atoms with Gasteiger partial charge in [0.2, 0.25) is 11.2 Å². The van der Waals surface area contributed by atoms with Crippen LogP contribution >= 0.6 is 11.6 Å². The van der Waals surface area contributed by atoms with Crippen molar-refractivity contribution in [1.82, 2.24) is 14.5 Å². The van der Waals surface area contributed by atoms with Crippen LogP contribution in [0.5, 0.6) is 11.6 Å². The van der Waals surface area contributed by atoms with Crippen molar-refractivity contribution in [2.45, 2.75) is 33.7 Å². The first-order valence-corrected chi connectivity index (χ1v) is 9.97. The molecule has 0 saturated heterocycles. The Labute approximate surface area is 191 Å². The monoisotopic (exact) mass is 484 g/mol. The molecule has 0 unspecified atom stereocenters. The zero-order chi connectivity index (χ0) is 24.6. The van der Waals surface area contributed by atoms with Crippen molar-refractivity contribution in [2.75, 3.05) is 11.9 Å². The molecular weight excluding hydrogens is 465 g/mol. The van der Waals surface area contributed by atoms with E-state index in [9.17, 15) is 22.8 Å². The molecule has 0 saturated carbocycles. The molecule has 1 aromatic carbocycles. The topological polar surface area (TPSA) is 86.6 Å². The minimum Gasteiger partial charge on any atom is -0.443 e. The maximum atomic E-state index is 12.7. The first kappa shape index (κ1) is 24.3. The predicted molar refractivity (Wildman–Crippen MR) is 114 cm³/mol. The molecule has 2 aromatic heterocycles. The van der Waals surface area contributed by atoms with Crippen molar-refractivity contribution in [3.63, 3.8) is 0 Å². The number of anilines is 1. The zero-order valence-electron chi connectivity index (χ0n) is 18.1. The molecule has 176 valence electrons. The number of ether oxygens (including phenoxy) is 2. The Bertz CT molecular complexity index is 1200. The minimum absolute atomic E-state index is 0.0297. The van der Waals surface area contributed by atoms with Crippen LogP contribution in [0.15, 0.2) is 36.5 Å². The molecule has 8 nitrogen and oxygen atoms in total. The van der Waals surface area contributed by atoms with E-state index in [0.717, 1.165) is 7.05 Å². The molecule has 3 aromatic rings. The molecule has 0 radical (unpaired) electrons. The van der Waals surface area contributed by atoms with Crippen LogP contribution in [0.25, 0.3) is 11.0 Å². The van der Waals surface area contributed by atoms with Crippen molar-refractivity contribution in [3.8, 4) is 11.6 Å². The maximum Gasteiger partial charge on any atom is 0.471 e. The van der Waals surface area contributed by atoms with Crippen LogP contribution in [0.3, 0.4) is 0 Å². The summed E-state index contributed by atoms with van der Waals surface area (Å²) >= 11 is 6.03. The van der Waals surface area contributed by atoms with Gasteiger partial charge < -0.3 is 14.4 Å². The van der Waals surface area contributed by atoms with Gasteiger partial charge in [0.15, 0.2) is 12.4 Å². The second kappa shape index (κ2) is 8.89. The van der Waals surface area contributed by atoms with Crippen LogP contribution in [0.1, 0.15) is 20.8 Å². The van der Waals surface area contributed by atoms with Gasteiger partial charge in [-0.05, 0) is 50.6 Å². The predicted octanol–water partition coefficient (Wildman–Crippen LogP) is 4.95. The van der Waals surface area contributed by atoms with Gasteiger partial charge in [0.1, 0.15) is 5.75 Å². The Morgan fingerprint density at radius 2 is 1.85 bits per heavy atom. The number of amides is 1. The molecule has 0 fully saturated rings. The largest absolute Gasteiger partial charge is 0.471 e. The molecule has 1 amide bonds. The van der Waals surface area contributed by atoms with Crippen LogP contribution in [0.2, 0.25) is 5.28 Å². The standard InChI is InChI=1S/C21H20ClF3N4O4/c1-20(2,3)18(31)32-11-29-9-8-14-15(29)26-19(22)27-16(14)33-13-7-5-6-12(10-13)28(4)17(30)21(23,24)25/h5-10H,11H2,1-4H3. The number of esters is 1. The van der Waals surface area contributed by atoms with Crippen molar-refractivity contribution < 1.29 is 32.2 Å². The third-order valence-corrected chi connectivity index (χ3v) is 4.64. The molecule has 0 spiro atoms. The number of benzene rings is 1. The number of rotatable bonds is 5. The van der Waals surface area contributed by atoms with Gasteiger partial charge in [-0.3, -0.25) is 14.2 Å². The van der Waals surface area contributed by atoms with Gasteiger partial charge in [-0.15, -0.1) is 0 Å². The van der Waals surface area contributed by atoms with Crippen LogP contribution in [0, 0.1) is 5.41 Å². The number of carbonyl (C=O) groups is 2. The fourth-order valence-electron chi connectivity index (χ4n) is 2.71. The number of fused-ring (bicyclic) bond motifs is 1. The van der Waals surface area contributed by atoms with E-state index in [1.165, 1.54) is 28.8 Å². The molecule has 33 heavy (non-hydrogen) atoms. The number of nitrogens with zero attached hydrogens (tertiary/aromatic N) is 4. The summed E-state index contributed by atoms with van der Waals surface area (Å²) in [4.78, 5) is 32.2. The average molecular weight is 485 g/mol. The quantitative estimate of drug-likeness (QED) is 0.376. The van der Waals surface area contributed by atoms with E-state index < -0.39 is 23.5 Å². The molecule has 2 heterocycles. The molecule has 0 aliphatic rings. The SMILES string of the molecule is CN(C(=O)C(F)(F)F)c1cccc(Oc2nc(Cl)nc3c2ccn3COC(=O)C(C)(C)C)c1. The van der Waals surface area contributed by atoms with Crippen molar-refractivity contribution in [1.29, 1.82) is 0 Å². The number of alkyl halides is 3. The van der Waals surface area contributed by atoms with E-state index in [1.807, 2.05) is 0 Å². The first-order chi connectivity index (χ1) is 15.3. The summed E-state index contributed by atoms with van der Waals surface area (Å²) in [7, 11) is 1.01. The molecule has 0 bridgehead atoms. The van der Waals surface area contributed by atoms with Crippen molar-refractivity contribution >= 4 is 40.2 Å². The lowest BCUT2D eigenvalue weighted by Crippen LogP contribution is -2.38. The van der Waals surface area contributed by atoms with E-state index in [2.05, 4.69) is 9.97 Å². The third kappa shape index (κ3) is 5.54. The van der Waals surface area contributed by atoms with E-state index in [4.69, 9.17) is 21.1 Å². The van der Waals surface area contributed by atoms with Crippen molar-refractivity contribution in [3.05, 3.63) is 41.8 Å². The minimum atomic E-state index is -5.02. The lowest BCUT2D eigenvalue weighted by Gasteiger charge is -2.19. The Balaban J connectivity index is 1.88. The van der Waals surface area contributed by atoms with Gasteiger partial charge in [0.25, 0.3) is 0 Å². The number of hydrogen-bond acceptors (Lipinski definition) is 6. The molecule has 0 aliphatic carbocycles. The smallest absolute Gasteiger partial charge is 0.443 e. The van der Waals surface area contributed by atoms with Gasteiger partial charge in [0, 0.05) is 25.0 Å². The lowest BCUT2D eigenvalue weighted by molar-refractivity contribution is -0.170. The fourth-order valence-corrected chi connectivity index (χ4v) is 2.87. The van der Waals surface area contributed by atoms with Gasteiger partial charge in [-0.25, -0.2) is 0 Å². The summed E-state index contributed by atoms with van der Waals surface area (Å²) in [5.74, 6) is -2.27. The average Bonchev–Trinajstić information content (AvgIpc) is 3.12. The summed E-state index contributed by atoms with van der Waals surface area (Å²) in [5.41, 5.74) is -0.389. The van der Waals surface area contributed by atoms with Crippen LogP contribution in [-0.4, -0.2) is 39.6 Å². The normalized spacial score (nSPS) is 12.0. The molecule has 12 heteroatoms. The highest BCUT2D eigenvalue weighted by Gasteiger charge is 2.41. The molecule has 0 atom stereocenters. The lowest BCUT2D eigenvalue weighted by atomic mass is 9.98. The van der Waals surface area contributed by atoms with Gasteiger partial charge >= 0.3 is 18.1 Å². The first-order valence-electron chi connectivity index (χ1n) is 9.60. The van der Waals surface area contributed by atoms with Crippen LogP contribution in [-0.2, 0) is 21.1 Å². The summed E-state index contributed by atoms with van der Waals surface area (Å²) in [6.07, 6.45) is -3.41. The van der Waals surface area contributed by atoms with Crippen molar-refractivity contribution in [2.24, 2.45) is 5.41 Å². The second-order valence-corrected chi connectivity index (χ2v) is 8.43. The molecule has 0 N–H and O–H groups in total. The van der Waals surface area contributed by atoms with Gasteiger partial charge in [-0.1, -0.05) is 6.07 Å². The highest BCUT2D eigenvalue weighted by Crippen LogP contribution is 2.32. The van der Waals surface area contributed by atoms with E-state index >= 15 is 0 Å². The van der Waals surface area contributed by atoms with E-state index in [0.29, 0.717) is 15.9 Å². The molecular formula is C21H20ClF3N4O4. The summed E-state index contributed by atoms with van der Waals surface area (Å²) < 4.78 is 50.8. The van der Waals surface area contributed by atoms with Gasteiger partial charge in [-0.2, -0.15) is 23.1 Å². The summed E-state index contributed by atoms with van der Waals surface area (Å²) in [6, 6.07) is 7.13. The second-order valence-electron chi connectivity index (χ2n) is 8.09. The zero-order valence-corrected chi connectivity index (χ0v) is 18.9. The number of carbonyl (C=O) groups excluding carboxylic acids is 2. The molecule has 3 rings (SSSR count). The number of aromatic nitrogens is 3. The maximum absolute atomic E-state index is 12.7. The highest BCUT2D eigenvalue weighted by molar-refractivity contribution is 6.28. The molecule has 0 aliphatic heterocycles. The Hall–Kier alpha value is -3.34. The summed E-state index contributed by atoms with van der Waals surface area (Å²) in [6.45, 7) is 5.05.